The fraction of sp³-hybridized carbons (Fsp3) is 0.524. The first-order chi connectivity index (χ1) is 13.4. The van der Waals surface area contributed by atoms with Crippen molar-refractivity contribution in [2.24, 2.45) is 0 Å². The number of alkyl halides is 3. The van der Waals surface area contributed by atoms with Crippen LogP contribution >= 0.6 is 0 Å². The van der Waals surface area contributed by atoms with Crippen LogP contribution in [0.3, 0.4) is 0 Å². The van der Waals surface area contributed by atoms with Gasteiger partial charge in [0, 0.05) is 36.0 Å². The van der Waals surface area contributed by atoms with Gasteiger partial charge in [0.15, 0.2) is 0 Å². The summed E-state index contributed by atoms with van der Waals surface area (Å²) in [5.74, 6) is 0.766. The van der Waals surface area contributed by atoms with E-state index in [1.54, 1.807) is 12.1 Å². The second kappa shape index (κ2) is 6.44. The SMILES string of the molecule is C[C@H]1CCN1c1nc2c(c(-c3ccc4c(c3)CCNC4C(F)(F)F)n1)CCC2. The van der Waals surface area contributed by atoms with E-state index in [0.717, 1.165) is 66.3 Å². The summed E-state index contributed by atoms with van der Waals surface area (Å²) in [6, 6.07) is 4.20. The second-order valence-electron chi connectivity index (χ2n) is 8.07. The minimum Gasteiger partial charge on any atom is -0.338 e. The third-order valence-electron chi connectivity index (χ3n) is 6.30. The normalized spacial score (nSPS) is 23.9. The average Bonchev–Trinajstić information content (AvgIpc) is 3.13. The lowest BCUT2D eigenvalue weighted by atomic mass is 9.91. The second-order valence-corrected chi connectivity index (χ2v) is 8.07. The van der Waals surface area contributed by atoms with Crippen molar-refractivity contribution < 1.29 is 13.2 Å². The number of halogens is 3. The van der Waals surface area contributed by atoms with Gasteiger partial charge in [-0.25, -0.2) is 9.97 Å². The van der Waals surface area contributed by atoms with E-state index < -0.39 is 12.2 Å². The zero-order valence-corrected chi connectivity index (χ0v) is 15.8. The van der Waals surface area contributed by atoms with Crippen molar-refractivity contribution in [2.45, 2.75) is 57.3 Å². The van der Waals surface area contributed by atoms with Crippen molar-refractivity contribution in [2.75, 3.05) is 18.0 Å². The summed E-state index contributed by atoms with van der Waals surface area (Å²) < 4.78 is 40.1. The summed E-state index contributed by atoms with van der Waals surface area (Å²) >= 11 is 0. The summed E-state index contributed by atoms with van der Waals surface area (Å²) in [5, 5.41) is 2.60. The number of nitrogens with zero attached hydrogens (tertiary/aromatic N) is 3. The number of aryl methyl sites for hydroxylation is 1. The van der Waals surface area contributed by atoms with Gasteiger partial charge in [-0.3, -0.25) is 0 Å². The molecule has 2 aliphatic heterocycles. The molecule has 4 nitrogen and oxygen atoms in total. The first-order valence-corrected chi connectivity index (χ1v) is 10.0. The summed E-state index contributed by atoms with van der Waals surface area (Å²) in [7, 11) is 0. The highest BCUT2D eigenvalue weighted by molar-refractivity contribution is 5.68. The zero-order valence-electron chi connectivity index (χ0n) is 15.8. The average molecular weight is 388 g/mol. The highest BCUT2D eigenvalue weighted by Crippen LogP contribution is 2.39. The smallest absolute Gasteiger partial charge is 0.338 e. The molecule has 28 heavy (non-hydrogen) atoms. The number of hydrogen-bond donors (Lipinski definition) is 1. The van der Waals surface area contributed by atoms with Gasteiger partial charge in [0.05, 0.1) is 5.69 Å². The van der Waals surface area contributed by atoms with Crippen LogP contribution in [0.25, 0.3) is 11.3 Å². The van der Waals surface area contributed by atoms with E-state index in [1.807, 2.05) is 6.07 Å². The molecule has 1 N–H and O–H groups in total. The van der Waals surface area contributed by atoms with Crippen molar-refractivity contribution in [1.29, 1.82) is 0 Å². The Balaban J connectivity index is 1.58. The minimum absolute atomic E-state index is 0.332. The summed E-state index contributed by atoms with van der Waals surface area (Å²) in [4.78, 5) is 11.9. The van der Waals surface area contributed by atoms with Crippen molar-refractivity contribution in [3.05, 3.63) is 40.6 Å². The van der Waals surface area contributed by atoms with Crippen LogP contribution in [-0.4, -0.2) is 35.3 Å². The first-order valence-electron chi connectivity index (χ1n) is 10.0. The van der Waals surface area contributed by atoms with Gasteiger partial charge in [0.2, 0.25) is 5.95 Å². The van der Waals surface area contributed by atoms with Crippen LogP contribution in [-0.2, 0) is 19.3 Å². The van der Waals surface area contributed by atoms with Gasteiger partial charge in [-0.05, 0) is 56.2 Å². The largest absolute Gasteiger partial charge is 0.407 e. The van der Waals surface area contributed by atoms with Gasteiger partial charge in [-0.1, -0.05) is 12.1 Å². The molecule has 1 saturated heterocycles. The maximum atomic E-state index is 13.4. The number of fused-ring (bicyclic) bond motifs is 2. The van der Waals surface area contributed by atoms with E-state index in [9.17, 15) is 13.2 Å². The third-order valence-corrected chi connectivity index (χ3v) is 6.30. The zero-order chi connectivity index (χ0) is 19.5. The van der Waals surface area contributed by atoms with Gasteiger partial charge >= 0.3 is 6.18 Å². The molecule has 0 amide bonds. The third kappa shape index (κ3) is 2.87. The van der Waals surface area contributed by atoms with Crippen LogP contribution in [0.4, 0.5) is 19.1 Å². The summed E-state index contributed by atoms with van der Waals surface area (Å²) in [6.45, 7) is 3.46. The van der Waals surface area contributed by atoms with Crippen molar-refractivity contribution in [1.82, 2.24) is 15.3 Å². The Hall–Kier alpha value is -2.15. The predicted octanol–water partition coefficient (Wildman–Crippen LogP) is 3.98. The molecule has 0 saturated carbocycles. The quantitative estimate of drug-likeness (QED) is 0.845. The number of hydrogen-bond acceptors (Lipinski definition) is 4. The lowest BCUT2D eigenvalue weighted by molar-refractivity contribution is -0.158. The Morgan fingerprint density at radius 3 is 2.71 bits per heavy atom. The van der Waals surface area contributed by atoms with E-state index in [1.165, 1.54) is 0 Å². The molecular formula is C21H23F3N4. The molecule has 0 radical (unpaired) electrons. The van der Waals surface area contributed by atoms with Crippen molar-refractivity contribution in [3.8, 4) is 11.3 Å². The molecule has 1 aromatic heterocycles. The minimum atomic E-state index is -4.28. The number of nitrogens with one attached hydrogen (secondary N) is 1. The van der Waals surface area contributed by atoms with E-state index in [0.29, 0.717) is 24.6 Å². The standard InChI is InChI=1S/C21H23F3N4/c1-12-8-10-28(12)20-26-17-4-2-3-16(17)18(27-20)14-5-6-15-13(11-14)7-9-25-19(15)21(22,23)24/h5-6,11-12,19,25H,2-4,7-10H2,1H3/t12-,19?/m0/s1. The number of anilines is 1. The van der Waals surface area contributed by atoms with Gasteiger partial charge in [0.1, 0.15) is 6.04 Å². The molecule has 0 bridgehead atoms. The van der Waals surface area contributed by atoms with Gasteiger partial charge in [0.25, 0.3) is 0 Å². The van der Waals surface area contributed by atoms with Crippen LogP contribution in [0.5, 0.6) is 0 Å². The van der Waals surface area contributed by atoms with Crippen LogP contribution in [0, 0.1) is 0 Å². The molecule has 2 atom stereocenters. The fourth-order valence-electron chi connectivity index (χ4n) is 4.60. The maximum Gasteiger partial charge on any atom is 0.407 e. The number of aromatic nitrogens is 2. The first kappa shape index (κ1) is 17.9. The Kier molecular flexibility index (Phi) is 4.12. The van der Waals surface area contributed by atoms with E-state index in [4.69, 9.17) is 9.97 Å². The van der Waals surface area contributed by atoms with Crippen LogP contribution in [0.15, 0.2) is 18.2 Å². The van der Waals surface area contributed by atoms with Crippen LogP contribution in [0.1, 0.15) is 48.2 Å². The summed E-state index contributed by atoms with van der Waals surface area (Å²) in [6.07, 6.45) is 0.392. The number of benzene rings is 1. The lowest BCUT2D eigenvalue weighted by Gasteiger charge is -2.39. The molecule has 1 aromatic carbocycles. The Morgan fingerprint density at radius 2 is 2.00 bits per heavy atom. The van der Waals surface area contributed by atoms with Crippen molar-refractivity contribution in [3.63, 3.8) is 0 Å². The Morgan fingerprint density at radius 1 is 1.14 bits per heavy atom. The predicted molar refractivity (Wildman–Crippen MR) is 101 cm³/mol. The molecule has 0 spiro atoms. The van der Waals surface area contributed by atoms with E-state index in [2.05, 4.69) is 17.1 Å². The molecule has 1 aliphatic carbocycles. The molecule has 3 heterocycles. The molecule has 148 valence electrons. The highest BCUT2D eigenvalue weighted by atomic mass is 19.4. The van der Waals surface area contributed by atoms with E-state index >= 15 is 0 Å². The van der Waals surface area contributed by atoms with Gasteiger partial charge in [-0.15, -0.1) is 0 Å². The van der Waals surface area contributed by atoms with Crippen LogP contribution in [0.2, 0.25) is 0 Å². The lowest BCUT2D eigenvalue weighted by Crippen LogP contribution is -2.46. The monoisotopic (exact) mass is 388 g/mol. The van der Waals surface area contributed by atoms with Gasteiger partial charge in [-0.2, -0.15) is 13.2 Å². The molecule has 7 heteroatoms. The number of rotatable bonds is 2. The van der Waals surface area contributed by atoms with E-state index in [-0.39, 0.29) is 0 Å². The highest BCUT2D eigenvalue weighted by Gasteiger charge is 2.43. The molecule has 2 aromatic rings. The topological polar surface area (TPSA) is 41.1 Å². The Bertz CT molecular complexity index is 925. The molecule has 1 fully saturated rings. The maximum absolute atomic E-state index is 13.4. The van der Waals surface area contributed by atoms with Gasteiger partial charge < -0.3 is 10.2 Å². The van der Waals surface area contributed by atoms with Crippen LogP contribution < -0.4 is 10.2 Å². The van der Waals surface area contributed by atoms with Crippen molar-refractivity contribution >= 4 is 5.95 Å². The fourth-order valence-corrected chi connectivity index (χ4v) is 4.60. The molecule has 3 aliphatic rings. The molecular weight excluding hydrogens is 365 g/mol. The summed E-state index contributed by atoms with van der Waals surface area (Å²) in [5.41, 5.74) is 5.19. The Labute approximate surface area is 162 Å². The molecule has 1 unspecified atom stereocenters. The molecule has 5 rings (SSSR count).